The summed E-state index contributed by atoms with van der Waals surface area (Å²) in [6.07, 6.45) is 3.72. The van der Waals surface area contributed by atoms with Crippen molar-refractivity contribution < 1.29 is 14.3 Å². The van der Waals surface area contributed by atoms with Gasteiger partial charge in [0.1, 0.15) is 6.61 Å². The summed E-state index contributed by atoms with van der Waals surface area (Å²) in [5.41, 5.74) is 0. The first kappa shape index (κ1) is 10.9. The summed E-state index contributed by atoms with van der Waals surface area (Å²) >= 11 is 0. The summed E-state index contributed by atoms with van der Waals surface area (Å²) in [6.45, 7) is 4.45. The molecule has 2 rings (SSSR count). The van der Waals surface area contributed by atoms with Crippen LogP contribution in [-0.4, -0.2) is 49.3 Å². The lowest BCUT2D eigenvalue weighted by molar-refractivity contribution is -0.144. The highest BCUT2D eigenvalue weighted by molar-refractivity contribution is 5.77. The monoisotopic (exact) mass is 213 g/mol. The molecular formula is C11H19NO3. The van der Waals surface area contributed by atoms with Gasteiger partial charge in [0.2, 0.25) is 5.91 Å². The van der Waals surface area contributed by atoms with Crippen LogP contribution in [0.4, 0.5) is 0 Å². The van der Waals surface area contributed by atoms with E-state index in [1.165, 1.54) is 0 Å². The third-order valence-electron chi connectivity index (χ3n) is 2.97. The predicted molar refractivity (Wildman–Crippen MR) is 55.6 cm³/mol. The van der Waals surface area contributed by atoms with E-state index in [-0.39, 0.29) is 24.7 Å². The number of hydrogen-bond donors (Lipinski definition) is 0. The zero-order valence-corrected chi connectivity index (χ0v) is 9.28. The van der Waals surface area contributed by atoms with Gasteiger partial charge in [0.25, 0.3) is 0 Å². The second kappa shape index (κ2) is 4.94. The van der Waals surface area contributed by atoms with E-state index in [0.717, 1.165) is 32.4 Å². The average Bonchev–Trinajstić information content (AvgIpc) is 2.58. The first-order chi connectivity index (χ1) is 7.29. The fraction of sp³-hybridized carbons (Fsp3) is 0.909. The van der Waals surface area contributed by atoms with Crippen LogP contribution < -0.4 is 0 Å². The molecule has 1 amide bonds. The summed E-state index contributed by atoms with van der Waals surface area (Å²) in [6, 6.07) is 0. The molecule has 86 valence electrons. The van der Waals surface area contributed by atoms with E-state index in [2.05, 4.69) is 0 Å². The first-order valence-corrected chi connectivity index (χ1v) is 5.80. The van der Waals surface area contributed by atoms with Crippen molar-refractivity contribution in [3.8, 4) is 0 Å². The molecule has 2 aliphatic heterocycles. The van der Waals surface area contributed by atoms with Crippen molar-refractivity contribution in [2.75, 3.05) is 26.3 Å². The van der Waals surface area contributed by atoms with Crippen LogP contribution in [0.3, 0.4) is 0 Å². The van der Waals surface area contributed by atoms with Crippen molar-refractivity contribution in [2.24, 2.45) is 0 Å². The Morgan fingerprint density at radius 1 is 1.40 bits per heavy atom. The molecule has 0 N–H and O–H groups in total. The molecule has 0 aromatic carbocycles. The van der Waals surface area contributed by atoms with Crippen LogP contribution in [0.2, 0.25) is 0 Å². The van der Waals surface area contributed by atoms with E-state index in [4.69, 9.17) is 9.47 Å². The molecule has 2 atom stereocenters. The number of morpholine rings is 1. The van der Waals surface area contributed by atoms with Crippen molar-refractivity contribution in [1.82, 2.24) is 4.90 Å². The SMILES string of the molecule is CCCOCC(=O)N1CC2CCC(C1)O2. The number of rotatable bonds is 4. The summed E-state index contributed by atoms with van der Waals surface area (Å²) in [5, 5.41) is 0. The zero-order chi connectivity index (χ0) is 10.7. The number of fused-ring (bicyclic) bond motifs is 2. The molecule has 4 nitrogen and oxygen atoms in total. The molecule has 15 heavy (non-hydrogen) atoms. The highest BCUT2D eigenvalue weighted by atomic mass is 16.5. The Morgan fingerprint density at radius 3 is 2.67 bits per heavy atom. The molecule has 0 aromatic heterocycles. The van der Waals surface area contributed by atoms with Gasteiger partial charge in [-0.05, 0) is 19.3 Å². The number of ether oxygens (including phenoxy) is 2. The van der Waals surface area contributed by atoms with E-state index in [9.17, 15) is 4.79 Å². The third-order valence-corrected chi connectivity index (χ3v) is 2.97. The Bertz CT molecular complexity index is 220. The maximum absolute atomic E-state index is 11.7. The molecule has 0 radical (unpaired) electrons. The molecule has 0 saturated carbocycles. The van der Waals surface area contributed by atoms with Crippen molar-refractivity contribution in [3.05, 3.63) is 0 Å². The van der Waals surface area contributed by atoms with Gasteiger partial charge in [0, 0.05) is 19.7 Å². The molecule has 2 saturated heterocycles. The van der Waals surface area contributed by atoms with Crippen LogP contribution in [0.15, 0.2) is 0 Å². The highest BCUT2D eigenvalue weighted by Gasteiger charge is 2.35. The normalized spacial score (nSPS) is 29.5. The van der Waals surface area contributed by atoms with Gasteiger partial charge in [-0.3, -0.25) is 4.79 Å². The van der Waals surface area contributed by atoms with Gasteiger partial charge < -0.3 is 14.4 Å². The number of amides is 1. The molecule has 0 spiro atoms. The van der Waals surface area contributed by atoms with Gasteiger partial charge >= 0.3 is 0 Å². The Morgan fingerprint density at radius 2 is 2.07 bits per heavy atom. The number of carbonyl (C=O) groups is 1. The Labute approximate surface area is 90.5 Å². The predicted octanol–water partition coefficient (Wildman–Crippen LogP) is 0.803. The van der Waals surface area contributed by atoms with Gasteiger partial charge in [-0.15, -0.1) is 0 Å². The molecular weight excluding hydrogens is 194 g/mol. The summed E-state index contributed by atoms with van der Waals surface area (Å²) < 4.78 is 10.9. The Hall–Kier alpha value is -0.610. The molecule has 0 aromatic rings. The second-order valence-corrected chi connectivity index (χ2v) is 4.31. The van der Waals surface area contributed by atoms with Crippen LogP contribution in [0.1, 0.15) is 26.2 Å². The number of likely N-dealkylation sites (tertiary alicyclic amines) is 1. The molecule has 2 aliphatic rings. The van der Waals surface area contributed by atoms with Crippen LogP contribution >= 0.6 is 0 Å². The van der Waals surface area contributed by atoms with Crippen LogP contribution in [0.25, 0.3) is 0 Å². The molecule has 4 heteroatoms. The average molecular weight is 213 g/mol. The molecule has 2 fully saturated rings. The lowest BCUT2D eigenvalue weighted by Crippen LogP contribution is -2.47. The minimum Gasteiger partial charge on any atom is -0.372 e. The quantitative estimate of drug-likeness (QED) is 0.648. The first-order valence-electron chi connectivity index (χ1n) is 5.80. The van der Waals surface area contributed by atoms with E-state index in [0.29, 0.717) is 6.61 Å². The van der Waals surface area contributed by atoms with Gasteiger partial charge in [-0.2, -0.15) is 0 Å². The van der Waals surface area contributed by atoms with Crippen molar-refractivity contribution in [3.63, 3.8) is 0 Å². The molecule has 2 heterocycles. The van der Waals surface area contributed by atoms with Crippen molar-refractivity contribution in [2.45, 2.75) is 38.4 Å². The minimum atomic E-state index is 0.114. The van der Waals surface area contributed by atoms with Crippen LogP contribution in [-0.2, 0) is 14.3 Å². The van der Waals surface area contributed by atoms with Gasteiger partial charge in [0.15, 0.2) is 0 Å². The maximum atomic E-state index is 11.7. The summed E-state index contributed by atoms with van der Waals surface area (Å²) in [7, 11) is 0. The fourth-order valence-corrected chi connectivity index (χ4v) is 2.21. The number of carbonyl (C=O) groups excluding carboxylic acids is 1. The summed E-state index contributed by atoms with van der Waals surface area (Å²) in [4.78, 5) is 13.6. The standard InChI is InChI=1S/C11H19NO3/c1-2-5-14-8-11(13)12-6-9-3-4-10(7-12)15-9/h9-10H,2-8H2,1H3. The summed E-state index contributed by atoms with van der Waals surface area (Å²) in [5.74, 6) is 0.114. The van der Waals surface area contributed by atoms with Crippen molar-refractivity contribution >= 4 is 5.91 Å². The Balaban J connectivity index is 1.76. The Kier molecular flexibility index (Phi) is 3.59. The smallest absolute Gasteiger partial charge is 0.248 e. The van der Waals surface area contributed by atoms with E-state index >= 15 is 0 Å². The molecule has 2 bridgehead atoms. The lowest BCUT2D eigenvalue weighted by atomic mass is 10.2. The number of nitrogens with zero attached hydrogens (tertiary/aromatic N) is 1. The highest BCUT2D eigenvalue weighted by Crippen LogP contribution is 2.26. The van der Waals surface area contributed by atoms with Crippen LogP contribution in [0.5, 0.6) is 0 Å². The van der Waals surface area contributed by atoms with E-state index in [1.807, 2.05) is 11.8 Å². The van der Waals surface area contributed by atoms with E-state index < -0.39 is 0 Å². The fourth-order valence-electron chi connectivity index (χ4n) is 2.21. The lowest BCUT2D eigenvalue weighted by Gasteiger charge is -2.32. The van der Waals surface area contributed by atoms with Crippen LogP contribution in [0, 0.1) is 0 Å². The largest absolute Gasteiger partial charge is 0.372 e. The van der Waals surface area contributed by atoms with Gasteiger partial charge in [0.05, 0.1) is 12.2 Å². The van der Waals surface area contributed by atoms with Crippen molar-refractivity contribution in [1.29, 1.82) is 0 Å². The van der Waals surface area contributed by atoms with E-state index in [1.54, 1.807) is 0 Å². The third kappa shape index (κ3) is 2.69. The van der Waals surface area contributed by atoms with Gasteiger partial charge in [-0.25, -0.2) is 0 Å². The maximum Gasteiger partial charge on any atom is 0.248 e. The topological polar surface area (TPSA) is 38.8 Å². The number of hydrogen-bond acceptors (Lipinski definition) is 3. The molecule has 0 aliphatic carbocycles. The van der Waals surface area contributed by atoms with Gasteiger partial charge in [-0.1, -0.05) is 6.92 Å². The zero-order valence-electron chi connectivity index (χ0n) is 9.28. The second-order valence-electron chi connectivity index (χ2n) is 4.31. The minimum absolute atomic E-state index is 0.114. The molecule has 2 unspecified atom stereocenters.